The maximum Gasteiger partial charge on any atom is 0.312 e. The molecule has 8 nitrogen and oxygen atoms in total. The standard InChI is InChI=1S/C24H38FN5O3/c1-2-3-4-5-6-7-8-9-10-11-12-13-20(31)32-16-18-14-15-19(33-18)30-17-27-21-22(26)28-24(25)29-23(21)30/h17-19H,2-16H2,1H3,(H2,26,28,29). The van der Waals surface area contributed by atoms with Gasteiger partial charge in [-0.1, -0.05) is 71.1 Å². The molecular weight excluding hydrogens is 425 g/mol. The first kappa shape index (κ1) is 25.3. The lowest BCUT2D eigenvalue weighted by molar-refractivity contribution is -0.148. The number of anilines is 1. The number of carbonyl (C=O) groups is 1. The SMILES string of the molecule is CCCCCCCCCCCCCC(=O)OCC1CCC(n2cnc3c(N)nc(F)nc32)O1. The van der Waals surface area contributed by atoms with Crippen molar-refractivity contribution in [1.29, 1.82) is 0 Å². The van der Waals surface area contributed by atoms with Gasteiger partial charge in [0.15, 0.2) is 17.0 Å². The summed E-state index contributed by atoms with van der Waals surface area (Å²) in [5.41, 5.74) is 6.37. The molecule has 2 aromatic rings. The van der Waals surface area contributed by atoms with Gasteiger partial charge in [0.2, 0.25) is 0 Å². The van der Waals surface area contributed by atoms with E-state index in [4.69, 9.17) is 15.2 Å². The van der Waals surface area contributed by atoms with Crippen molar-refractivity contribution < 1.29 is 18.7 Å². The molecule has 1 fully saturated rings. The Hall–Kier alpha value is -2.29. The largest absolute Gasteiger partial charge is 0.463 e. The maximum atomic E-state index is 13.5. The number of aromatic nitrogens is 4. The van der Waals surface area contributed by atoms with E-state index >= 15 is 0 Å². The highest BCUT2D eigenvalue weighted by atomic mass is 19.1. The molecule has 1 aliphatic rings. The number of hydrogen-bond acceptors (Lipinski definition) is 7. The molecule has 3 rings (SSSR count). The van der Waals surface area contributed by atoms with Gasteiger partial charge in [0.05, 0.1) is 12.4 Å². The average Bonchev–Trinajstić information content (AvgIpc) is 3.43. The molecule has 1 aliphatic heterocycles. The van der Waals surface area contributed by atoms with Crippen LogP contribution in [0.25, 0.3) is 11.2 Å². The molecule has 1 saturated heterocycles. The predicted molar refractivity (Wildman–Crippen MR) is 125 cm³/mol. The topological polar surface area (TPSA) is 105 Å². The summed E-state index contributed by atoms with van der Waals surface area (Å²) in [5.74, 6) is -0.171. The van der Waals surface area contributed by atoms with Crippen LogP contribution >= 0.6 is 0 Å². The molecule has 2 unspecified atom stereocenters. The minimum atomic E-state index is -0.896. The lowest BCUT2D eigenvalue weighted by atomic mass is 10.1. The lowest BCUT2D eigenvalue weighted by Gasteiger charge is -2.15. The van der Waals surface area contributed by atoms with Crippen molar-refractivity contribution in [2.24, 2.45) is 0 Å². The molecule has 2 atom stereocenters. The number of nitrogen functional groups attached to an aromatic ring is 1. The van der Waals surface area contributed by atoms with Crippen LogP contribution < -0.4 is 5.73 Å². The number of hydrogen-bond donors (Lipinski definition) is 1. The Morgan fingerprint density at radius 2 is 1.76 bits per heavy atom. The van der Waals surface area contributed by atoms with Gasteiger partial charge in [-0.05, 0) is 19.3 Å². The molecule has 2 aromatic heterocycles. The van der Waals surface area contributed by atoms with Gasteiger partial charge in [0.25, 0.3) is 0 Å². The highest BCUT2D eigenvalue weighted by Gasteiger charge is 2.29. The monoisotopic (exact) mass is 463 g/mol. The molecule has 0 aliphatic carbocycles. The zero-order valence-corrected chi connectivity index (χ0v) is 19.8. The summed E-state index contributed by atoms with van der Waals surface area (Å²) in [7, 11) is 0. The minimum absolute atomic E-state index is 0.00198. The van der Waals surface area contributed by atoms with Crippen molar-refractivity contribution >= 4 is 23.0 Å². The van der Waals surface area contributed by atoms with Gasteiger partial charge >= 0.3 is 12.0 Å². The Kier molecular flexibility index (Phi) is 10.3. The van der Waals surface area contributed by atoms with E-state index in [9.17, 15) is 9.18 Å². The van der Waals surface area contributed by atoms with Crippen molar-refractivity contribution in [3.63, 3.8) is 0 Å². The summed E-state index contributed by atoms with van der Waals surface area (Å²) in [4.78, 5) is 23.5. The molecule has 2 N–H and O–H groups in total. The van der Waals surface area contributed by atoms with Gasteiger partial charge in [-0.25, -0.2) is 4.98 Å². The van der Waals surface area contributed by atoms with Gasteiger partial charge in [-0.15, -0.1) is 0 Å². The first-order valence-electron chi connectivity index (χ1n) is 12.5. The number of nitrogens with zero attached hydrogens (tertiary/aromatic N) is 4. The summed E-state index contributed by atoms with van der Waals surface area (Å²) in [5, 5.41) is 0. The molecule has 184 valence electrons. The van der Waals surface area contributed by atoms with E-state index in [2.05, 4.69) is 21.9 Å². The van der Waals surface area contributed by atoms with Crippen LogP contribution in [-0.4, -0.2) is 38.2 Å². The summed E-state index contributed by atoms with van der Waals surface area (Å²) in [6.07, 6.45) is 15.7. The second kappa shape index (κ2) is 13.4. The Morgan fingerprint density at radius 3 is 2.45 bits per heavy atom. The smallest absolute Gasteiger partial charge is 0.312 e. The number of fused-ring (bicyclic) bond motifs is 1. The number of imidazole rings is 1. The van der Waals surface area contributed by atoms with Crippen LogP contribution in [0.1, 0.15) is 103 Å². The van der Waals surface area contributed by atoms with E-state index in [1.807, 2.05) is 0 Å². The molecule has 0 amide bonds. The molecule has 0 bridgehead atoms. The number of esters is 1. The molecular formula is C24H38FN5O3. The second-order valence-corrected chi connectivity index (χ2v) is 8.96. The summed E-state index contributed by atoms with van der Waals surface area (Å²) in [6, 6.07) is 0. The zero-order chi connectivity index (χ0) is 23.5. The van der Waals surface area contributed by atoms with Gasteiger partial charge in [0, 0.05) is 6.42 Å². The van der Waals surface area contributed by atoms with E-state index in [0.717, 1.165) is 19.3 Å². The Balaban J connectivity index is 1.26. The normalized spacial score (nSPS) is 18.2. The van der Waals surface area contributed by atoms with Gasteiger partial charge in [-0.2, -0.15) is 14.4 Å². The Morgan fingerprint density at radius 1 is 1.09 bits per heavy atom. The van der Waals surface area contributed by atoms with Gasteiger partial charge < -0.3 is 15.2 Å². The van der Waals surface area contributed by atoms with Crippen molar-refractivity contribution in [2.75, 3.05) is 12.3 Å². The number of nitrogens with two attached hydrogens (primary N) is 1. The van der Waals surface area contributed by atoms with Crippen LogP contribution in [0.4, 0.5) is 10.2 Å². The molecule has 0 radical (unpaired) electrons. The fourth-order valence-electron chi connectivity index (χ4n) is 4.33. The van der Waals surface area contributed by atoms with Crippen molar-refractivity contribution in [3.05, 3.63) is 12.4 Å². The number of unbranched alkanes of at least 4 members (excludes halogenated alkanes) is 10. The maximum absolute atomic E-state index is 13.5. The molecule has 33 heavy (non-hydrogen) atoms. The van der Waals surface area contributed by atoms with Crippen LogP contribution in [0.3, 0.4) is 0 Å². The molecule has 9 heteroatoms. The summed E-state index contributed by atoms with van der Waals surface area (Å²) < 4.78 is 26.6. The van der Waals surface area contributed by atoms with Crippen LogP contribution in [0, 0.1) is 6.08 Å². The Labute approximate surface area is 195 Å². The third-order valence-corrected chi connectivity index (χ3v) is 6.23. The second-order valence-electron chi connectivity index (χ2n) is 8.96. The molecule has 0 saturated carbocycles. The van der Waals surface area contributed by atoms with E-state index in [1.54, 1.807) is 4.57 Å². The third-order valence-electron chi connectivity index (χ3n) is 6.23. The lowest BCUT2D eigenvalue weighted by Crippen LogP contribution is -2.19. The van der Waals surface area contributed by atoms with Gasteiger partial charge in [-0.3, -0.25) is 9.36 Å². The number of rotatable bonds is 15. The fraction of sp³-hybridized carbons (Fsp3) is 0.750. The van der Waals surface area contributed by atoms with Crippen LogP contribution in [0.2, 0.25) is 0 Å². The number of halogens is 1. The van der Waals surface area contributed by atoms with E-state index in [-0.39, 0.29) is 30.7 Å². The predicted octanol–water partition coefficient (Wildman–Crippen LogP) is 5.47. The minimum Gasteiger partial charge on any atom is -0.463 e. The van der Waals surface area contributed by atoms with E-state index < -0.39 is 6.08 Å². The first-order valence-corrected chi connectivity index (χ1v) is 12.5. The van der Waals surface area contributed by atoms with Crippen molar-refractivity contribution in [1.82, 2.24) is 19.5 Å². The molecule has 0 aromatic carbocycles. The van der Waals surface area contributed by atoms with Crippen LogP contribution in [0.15, 0.2) is 6.33 Å². The van der Waals surface area contributed by atoms with Crippen LogP contribution in [-0.2, 0) is 14.3 Å². The summed E-state index contributed by atoms with van der Waals surface area (Å²) >= 11 is 0. The fourth-order valence-corrected chi connectivity index (χ4v) is 4.33. The Bertz CT molecular complexity index is 875. The molecule has 0 spiro atoms. The average molecular weight is 464 g/mol. The van der Waals surface area contributed by atoms with Crippen molar-refractivity contribution in [3.8, 4) is 0 Å². The first-order chi connectivity index (χ1) is 16.1. The number of carbonyl (C=O) groups excluding carboxylic acids is 1. The van der Waals surface area contributed by atoms with E-state index in [0.29, 0.717) is 24.0 Å². The number of ether oxygens (including phenoxy) is 2. The zero-order valence-electron chi connectivity index (χ0n) is 19.8. The highest BCUT2D eigenvalue weighted by Crippen LogP contribution is 2.31. The van der Waals surface area contributed by atoms with E-state index in [1.165, 1.54) is 64.1 Å². The highest BCUT2D eigenvalue weighted by molar-refractivity contribution is 5.81. The quantitative estimate of drug-likeness (QED) is 0.212. The van der Waals surface area contributed by atoms with Crippen LogP contribution in [0.5, 0.6) is 0 Å². The van der Waals surface area contributed by atoms with Gasteiger partial charge in [0.1, 0.15) is 12.8 Å². The summed E-state index contributed by atoms with van der Waals surface area (Å²) in [6.45, 7) is 2.47. The third kappa shape index (κ3) is 7.91. The van der Waals surface area contributed by atoms with Crippen molar-refractivity contribution in [2.45, 2.75) is 109 Å². The molecule has 3 heterocycles.